The van der Waals surface area contributed by atoms with Crippen LogP contribution in [-0.4, -0.2) is 71.2 Å². The van der Waals surface area contributed by atoms with Gasteiger partial charge in [-0.2, -0.15) is 5.10 Å². The topological polar surface area (TPSA) is 121 Å². The van der Waals surface area contributed by atoms with E-state index >= 15 is 0 Å². The number of likely N-dealkylation sites (tertiary alicyclic amines) is 1. The van der Waals surface area contributed by atoms with Crippen LogP contribution in [0.2, 0.25) is 0 Å². The van der Waals surface area contributed by atoms with Crippen LogP contribution in [0.4, 0.5) is 4.39 Å². The second-order valence-corrected chi connectivity index (χ2v) is 9.53. The number of pyridine rings is 2. The summed E-state index contributed by atoms with van der Waals surface area (Å²) in [7, 11) is 0. The smallest absolute Gasteiger partial charge is 0.160 e. The molecule has 1 aliphatic rings. The molecule has 39 heavy (non-hydrogen) atoms. The number of aromatic nitrogens is 8. The highest BCUT2D eigenvalue weighted by atomic mass is 19.1. The van der Waals surface area contributed by atoms with Crippen molar-refractivity contribution in [1.29, 1.82) is 0 Å². The second-order valence-electron chi connectivity index (χ2n) is 9.53. The maximum atomic E-state index is 14.7. The molecule has 6 heterocycles. The lowest BCUT2D eigenvalue weighted by molar-refractivity contribution is 0.237. The summed E-state index contributed by atoms with van der Waals surface area (Å²) in [5, 5.41) is 8.34. The average Bonchev–Trinajstić information content (AvgIpc) is 3.72. The molecule has 1 aliphatic heterocycles. The Morgan fingerprint density at radius 3 is 2.72 bits per heavy atom. The quantitative estimate of drug-likeness (QED) is 0.312. The maximum Gasteiger partial charge on any atom is 0.160 e. The zero-order chi connectivity index (χ0) is 26.2. The molecule has 1 fully saturated rings. The van der Waals surface area contributed by atoms with Crippen LogP contribution in [0.25, 0.3) is 56.0 Å². The lowest BCUT2D eigenvalue weighted by Gasteiger charge is -2.15. The van der Waals surface area contributed by atoms with Crippen LogP contribution in [0.1, 0.15) is 12.8 Å². The van der Waals surface area contributed by atoms with E-state index in [2.05, 4.69) is 40.0 Å². The Morgan fingerprint density at radius 1 is 0.974 bits per heavy atom. The van der Waals surface area contributed by atoms with Crippen LogP contribution >= 0.6 is 0 Å². The molecule has 0 amide bonds. The first-order valence-electron chi connectivity index (χ1n) is 12.8. The summed E-state index contributed by atoms with van der Waals surface area (Å²) in [5.41, 5.74) is 5.50. The van der Waals surface area contributed by atoms with E-state index in [1.54, 1.807) is 24.8 Å². The fourth-order valence-corrected chi connectivity index (χ4v) is 5.04. The highest BCUT2D eigenvalue weighted by Crippen LogP contribution is 2.33. The third kappa shape index (κ3) is 4.57. The standard InChI is InChI=1S/C28H24FN9O/c29-19-9-17(10-20(11-19)39-8-7-38-5-1-2-6-38)21-3-4-32-27-25(21)34-28(35-27)26-22-12-23(18-13-30-16-31-14-18)33-15-24(22)36-37-26/h3-4,9-16H,1-2,5-8H2,(H,36,37)(H,32,34,35). The maximum absolute atomic E-state index is 14.7. The van der Waals surface area contributed by atoms with Gasteiger partial charge in [-0.05, 0) is 55.8 Å². The lowest BCUT2D eigenvalue weighted by atomic mass is 10.1. The first-order chi connectivity index (χ1) is 19.2. The average molecular weight is 522 g/mol. The fourth-order valence-electron chi connectivity index (χ4n) is 5.04. The molecule has 0 spiro atoms. The Balaban J connectivity index is 1.23. The molecule has 10 nitrogen and oxygen atoms in total. The van der Waals surface area contributed by atoms with Crippen LogP contribution < -0.4 is 4.74 Å². The van der Waals surface area contributed by atoms with Gasteiger partial charge in [0.2, 0.25) is 0 Å². The minimum atomic E-state index is -0.368. The van der Waals surface area contributed by atoms with E-state index in [0.717, 1.165) is 47.4 Å². The van der Waals surface area contributed by atoms with Crippen molar-refractivity contribution in [3.05, 3.63) is 67.3 Å². The highest BCUT2D eigenvalue weighted by molar-refractivity contribution is 5.96. The van der Waals surface area contributed by atoms with Gasteiger partial charge in [0.25, 0.3) is 0 Å². The van der Waals surface area contributed by atoms with Gasteiger partial charge >= 0.3 is 0 Å². The monoisotopic (exact) mass is 521 g/mol. The van der Waals surface area contributed by atoms with Gasteiger partial charge in [-0.1, -0.05) is 0 Å². The van der Waals surface area contributed by atoms with Crippen molar-refractivity contribution in [2.45, 2.75) is 12.8 Å². The molecule has 0 unspecified atom stereocenters. The summed E-state index contributed by atoms with van der Waals surface area (Å²) in [6.45, 7) is 3.54. The highest BCUT2D eigenvalue weighted by Gasteiger charge is 2.18. The zero-order valence-electron chi connectivity index (χ0n) is 20.9. The summed E-state index contributed by atoms with van der Waals surface area (Å²) >= 11 is 0. The predicted molar refractivity (Wildman–Crippen MR) is 144 cm³/mol. The SMILES string of the molecule is Fc1cc(OCCN2CCCC2)cc(-c2ccnc3[nH]c(-c4n[nH]c5cnc(-c6cncnc6)cc45)nc23)c1. The van der Waals surface area contributed by atoms with Gasteiger partial charge < -0.3 is 9.72 Å². The molecule has 194 valence electrons. The first kappa shape index (κ1) is 23.4. The van der Waals surface area contributed by atoms with Crippen molar-refractivity contribution in [3.8, 4) is 39.7 Å². The van der Waals surface area contributed by atoms with Crippen molar-refractivity contribution >= 4 is 22.1 Å². The molecular weight excluding hydrogens is 497 g/mol. The minimum Gasteiger partial charge on any atom is -0.492 e. The first-order valence-corrected chi connectivity index (χ1v) is 12.8. The van der Waals surface area contributed by atoms with E-state index in [-0.39, 0.29) is 5.82 Å². The van der Waals surface area contributed by atoms with Crippen molar-refractivity contribution < 1.29 is 9.13 Å². The minimum absolute atomic E-state index is 0.368. The number of aromatic amines is 2. The Kier molecular flexibility index (Phi) is 5.89. The number of nitrogens with zero attached hydrogens (tertiary/aromatic N) is 7. The largest absolute Gasteiger partial charge is 0.492 e. The normalized spacial score (nSPS) is 14.0. The number of hydrogen-bond donors (Lipinski definition) is 2. The van der Waals surface area contributed by atoms with Gasteiger partial charge in [-0.3, -0.25) is 15.0 Å². The van der Waals surface area contributed by atoms with E-state index in [4.69, 9.17) is 9.72 Å². The number of benzene rings is 1. The van der Waals surface area contributed by atoms with Crippen molar-refractivity contribution in [3.63, 3.8) is 0 Å². The van der Waals surface area contributed by atoms with E-state index in [9.17, 15) is 4.39 Å². The molecular formula is C28H24FN9O. The Morgan fingerprint density at radius 2 is 1.85 bits per heavy atom. The van der Waals surface area contributed by atoms with Gasteiger partial charge in [0.15, 0.2) is 11.5 Å². The van der Waals surface area contributed by atoms with Gasteiger partial charge in [0, 0.05) is 47.7 Å². The van der Waals surface area contributed by atoms with Crippen molar-refractivity contribution in [1.82, 2.24) is 45.0 Å². The zero-order valence-corrected chi connectivity index (χ0v) is 20.9. The van der Waals surface area contributed by atoms with E-state index in [0.29, 0.717) is 40.6 Å². The summed E-state index contributed by atoms with van der Waals surface area (Å²) in [5.74, 6) is 0.664. The Labute approximate surface area is 222 Å². The molecule has 0 aliphatic carbocycles. The van der Waals surface area contributed by atoms with Crippen LogP contribution in [0.3, 0.4) is 0 Å². The fraction of sp³-hybridized carbons (Fsp3) is 0.214. The molecule has 0 radical (unpaired) electrons. The van der Waals surface area contributed by atoms with Gasteiger partial charge in [0.05, 0.1) is 17.4 Å². The number of imidazole rings is 1. The molecule has 1 saturated heterocycles. The molecule has 6 aromatic rings. The lowest BCUT2D eigenvalue weighted by Crippen LogP contribution is -2.25. The predicted octanol–water partition coefficient (Wildman–Crippen LogP) is 4.63. The number of fused-ring (bicyclic) bond motifs is 2. The van der Waals surface area contributed by atoms with Gasteiger partial charge in [-0.25, -0.2) is 24.3 Å². The van der Waals surface area contributed by atoms with Crippen LogP contribution in [0.5, 0.6) is 5.75 Å². The van der Waals surface area contributed by atoms with Crippen LogP contribution in [0, 0.1) is 5.82 Å². The van der Waals surface area contributed by atoms with Gasteiger partial charge in [-0.15, -0.1) is 0 Å². The molecule has 7 rings (SSSR count). The van der Waals surface area contributed by atoms with E-state index in [1.165, 1.54) is 31.3 Å². The van der Waals surface area contributed by atoms with E-state index < -0.39 is 0 Å². The third-order valence-corrected chi connectivity index (χ3v) is 6.97. The molecule has 11 heteroatoms. The Bertz CT molecular complexity index is 1780. The van der Waals surface area contributed by atoms with Crippen molar-refractivity contribution in [2.24, 2.45) is 0 Å². The molecule has 0 atom stereocenters. The number of halogens is 1. The number of hydrogen-bond acceptors (Lipinski definition) is 8. The summed E-state index contributed by atoms with van der Waals surface area (Å²) < 4.78 is 20.6. The molecule has 5 aromatic heterocycles. The number of rotatable bonds is 7. The van der Waals surface area contributed by atoms with Crippen LogP contribution in [0.15, 0.2) is 61.4 Å². The second kappa shape index (κ2) is 9.84. The summed E-state index contributed by atoms with van der Waals surface area (Å²) in [6, 6.07) is 8.50. The Hall–Kier alpha value is -4.77. The number of H-pyrrole nitrogens is 2. The number of ether oxygens (including phenoxy) is 1. The molecule has 0 bridgehead atoms. The van der Waals surface area contributed by atoms with E-state index in [1.807, 2.05) is 18.2 Å². The molecule has 0 saturated carbocycles. The number of nitrogens with one attached hydrogen (secondary N) is 2. The third-order valence-electron chi connectivity index (χ3n) is 6.97. The van der Waals surface area contributed by atoms with Crippen LogP contribution in [-0.2, 0) is 0 Å². The summed E-state index contributed by atoms with van der Waals surface area (Å²) in [4.78, 5) is 27.6. The molecule has 1 aromatic carbocycles. The van der Waals surface area contributed by atoms with Gasteiger partial charge in [0.1, 0.15) is 35.7 Å². The summed E-state index contributed by atoms with van der Waals surface area (Å²) in [6.07, 6.45) is 10.7. The van der Waals surface area contributed by atoms with Crippen molar-refractivity contribution in [2.75, 3.05) is 26.2 Å². The molecule has 2 N–H and O–H groups in total.